The van der Waals surface area contributed by atoms with Crippen LogP contribution in [0.4, 0.5) is 5.69 Å². The average molecular weight is 501 g/mol. The van der Waals surface area contributed by atoms with E-state index < -0.39 is 6.04 Å². The highest BCUT2D eigenvalue weighted by Crippen LogP contribution is 2.40. The number of ether oxygens (including phenoxy) is 2. The topological polar surface area (TPSA) is 95.4 Å². The minimum Gasteiger partial charge on any atom is -0.493 e. The first-order valence-corrected chi connectivity index (χ1v) is 10.6. The van der Waals surface area contributed by atoms with E-state index in [0.29, 0.717) is 32.4 Å². The number of anilines is 1. The summed E-state index contributed by atoms with van der Waals surface area (Å²) in [4.78, 5) is 13.3. The van der Waals surface area contributed by atoms with Gasteiger partial charge in [0.1, 0.15) is 6.07 Å². The summed E-state index contributed by atoms with van der Waals surface area (Å²) >= 11 is 8.81. The molecule has 160 valence electrons. The summed E-state index contributed by atoms with van der Waals surface area (Å²) in [5, 5.41) is 18.4. The molecule has 1 atom stereocenters. The van der Waals surface area contributed by atoms with Crippen molar-refractivity contribution in [2.45, 2.75) is 19.9 Å². The molecule has 0 saturated carbocycles. The van der Waals surface area contributed by atoms with E-state index in [1.165, 1.54) is 7.11 Å². The zero-order valence-corrected chi connectivity index (χ0v) is 19.6. The molecule has 9 heteroatoms. The Bertz CT molecular complexity index is 1110. The fourth-order valence-corrected chi connectivity index (χ4v) is 4.14. The number of carbonyl (C=O) groups excluding carboxylic acids is 1. The molecule has 7 nitrogen and oxygen atoms in total. The van der Waals surface area contributed by atoms with Crippen LogP contribution in [0.25, 0.3) is 0 Å². The van der Waals surface area contributed by atoms with E-state index in [4.69, 9.17) is 27.0 Å². The number of nitrogens with zero attached hydrogens (tertiary/aromatic N) is 1. The van der Waals surface area contributed by atoms with Crippen LogP contribution in [-0.2, 0) is 4.79 Å². The van der Waals surface area contributed by atoms with Crippen molar-refractivity contribution in [1.29, 1.82) is 5.26 Å². The zero-order valence-electron chi connectivity index (χ0n) is 17.2. The summed E-state index contributed by atoms with van der Waals surface area (Å²) in [6, 6.07) is 12.6. The molecule has 0 spiro atoms. The first kappa shape index (κ1) is 22.6. The summed E-state index contributed by atoms with van der Waals surface area (Å²) < 4.78 is 11.5. The quantitative estimate of drug-likeness (QED) is 0.513. The Morgan fingerprint density at radius 1 is 1.32 bits per heavy atom. The molecule has 0 unspecified atom stereocenters. The van der Waals surface area contributed by atoms with E-state index in [1.54, 1.807) is 6.07 Å². The van der Waals surface area contributed by atoms with E-state index in [0.717, 1.165) is 16.8 Å². The molecule has 2 aromatic carbocycles. The molecule has 31 heavy (non-hydrogen) atoms. The van der Waals surface area contributed by atoms with Crippen LogP contribution in [0.2, 0.25) is 0 Å². The lowest BCUT2D eigenvalue weighted by Gasteiger charge is -2.31. The zero-order chi connectivity index (χ0) is 22.5. The number of halogens is 1. The van der Waals surface area contributed by atoms with Gasteiger partial charge in [-0.2, -0.15) is 5.26 Å². The van der Waals surface area contributed by atoms with Crippen molar-refractivity contribution in [2.75, 3.05) is 19.0 Å². The Morgan fingerprint density at radius 3 is 2.74 bits per heavy atom. The van der Waals surface area contributed by atoms with Crippen molar-refractivity contribution in [2.24, 2.45) is 0 Å². The third-order valence-electron chi connectivity index (χ3n) is 4.77. The van der Waals surface area contributed by atoms with Gasteiger partial charge in [0.25, 0.3) is 5.91 Å². The molecule has 1 aliphatic rings. The standard InChI is InChI=1S/C22H21BrN4O3S/c1-12-6-4-5-7-16(12)26-21(28)18-13(2)25-22(31)27-19(18)14-10-15(23)20(30-9-8-24)17(11-14)29-3/h4-7,10-11,19H,9H2,1-3H3,(H,26,28)(H2,25,27,31)/t19-/m0/s1. The third kappa shape index (κ3) is 4.98. The Kier molecular flexibility index (Phi) is 7.15. The second-order valence-corrected chi connectivity index (χ2v) is 8.08. The summed E-state index contributed by atoms with van der Waals surface area (Å²) in [6.45, 7) is 3.62. The van der Waals surface area contributed by atoms with Gasteiger partial charge in [0.2, 0.25) is 0 Å². The minimum atomic E-state index is -0.520. The van der Waals surface area contributed by atoms with Crippen molar-refractivity contribution in [3.8, 4) is 17.6 Å². The van der Waals surface area contributed by atoms with Crippen LogP contribution in [0.15, 0.2) is 52.1 Å². The van der Waals surface area contributed by atoms with Crippen molar-refractivity contribution in [1.82, 2.24) is 10.6 Å². The number of aryl methyl sites for hydroxylation is 1. The first-order valence-electron chi connectivity index (χ1n) is 9.38. The Balaban J connectivity index is 2.02. The van der Waals surface area contributed by atoms with Gasteiger partial charge in [-0.25, -0.2) is 0 Å². The lowest BCUT2D eigenvalue weighted by atomic mass is 9.94. The van der Waals surface area contributed by atoms with Crippen molar-refractivity contribution in [3.63, 3.8) is 0 Å². The van der Waals surface area contributed by atoms with Crippen LogP contribution in [0.5, 0.6) is 11.5 Å². The molecule has 3 rings (SSSR count). The molecule has 2 aromatic rings. The monoisotopic (exact) mass is 500 g/mol. The summed E-state index contributed by atoms with van der Waals surface area (Å²) in [7, 11) is 1.51. The second kappa shape index (κ2) is 9.81. The smallest absolute Gasteiger partial charge is 0.255 e. The lowest BCUT2D eigenvalue weighted by molar-refractivity contribution is -0.113. The predicted molar refractivity (Wildman–Crippen MR) is 126 cm³/mol. The minimum absolute atomic E-state index is 0.118. The number of nitrogens with one attached hydrogen (secondary N) is 3. The SMILES string of the molecule is COc1cc([C@@H]2NC(=S)NC(C)=C2C(=O)Nc2ccccc2C)cc(Br)c1OCC#N. The van der Waals surface area contributed by atoms with Gasteiger partial charge in [-0.3, -0.25) is 4.79 Å². The number of rotatable bonds is 6. The van der Waals surface area contributed by atoms with Crippen molar-refractivity contribution < 1.29 is 14.3 Å². The molecule has 0 radical (unpaired) electrons. The van der Waals surface area contributed by atoms with Gasteiger partial charge < -0.3 is 25.4 Å². The van der Waals surface area contributed by atoms with E-state index in [1.807, 2.05) is 50.2 Å². The van der Waals surface area contributed by atoms with Crippen molar-refractivity contribution >= 4 is 44.9 Å². The average Bonchev–Trinajstić information content (AvgIpc) is 2.73. The molecule has 0 aliphatic carbocycles. The highest BCUT2D eigenvalue weighted by molar-refractivity contribution is 9.10. The van der Waals surface area contributed by atoms with Gasteiger partial charge >= 0.3 is 0 Å². The largest absolute Gasteiger partial charge is 0.493 e. The van der Waals surface area contributed by atoms with Crippen LogP contribution in [0.3, 0.4) is 0 Å². The Labute approximate surface area is 194 Å². The van der Waals surface area contributed by atoms with Crippen LogP contribution in [-0.4, -0.2) is 24.7 Å². The molecule has 0 fully saturated rings. The van der Waals surface area contributed by atoms with Crippen LogP contribution in [0, 0.1) is 18.3 Å². The van der Waals surface area contributed by atoms with Gasteiger partial charge in [0, 0.05) is 11.4 Å². The normalized spacial score (nSPS) is 15.5. The Hall–Kier alpha value is -3.09. The number of allylic oxidation sites excluding steroid dienone is 1. The number of methoxy groups -OCH3 is 1. The summed E-state index contributed by atoms with van der Waals surface area (Å²) in [5.41, 5.74) is 3.59. The maximum Gasteiger partial charge on any atom is 0.255 e. The maximum atomic E-state index is 13.3. The van der Waals surface area contributed by atoms with Gasteiger partial charge in [0.05, 0.1) is 23.2 Å². The van der Waals surface area contributed by atoms with Gasteiger partial charge in [-0.15, -0.1) is 0 Å². The number of benzene rings is 2. The predicted octanol–water partition coefficient (Wildman–Crippen LogP) is 4.10. The highest BCUT2D eigenvalue weighted by Gasteiger charge is 2.31. The van der Waals surface area contributed by atoms with Crippen LogP contribution in [0.1, 0.15) is 24.1 Å². The Morgan fingerprint density at radius 2 is 2.06 bits per heavy atom. The summed E-state index contributed by atoms with van der Waals surface area (Å²) in [5.74, 6) is 0.595. The van der Waals surface area contributed by atoms with Gasteiger partial charge in [-0.1, -0.05) is 18.2 Å². The molecule has 1 heterocycles. The number of para-hydroxylation sites is 1. The second-order valence-electron chi connectivity index (χ2n) is 6.82. The summed E-state index contributed by atoms with van der Waals surface area (Å²) in [6.07, 6.45) is 0. The van der Waals surface area contributed by atoms with Crippen LogP contribution >= 0.6 is 28.1 Å². The third-order valence-corrected chi connectivity index (χ3v) is 5.58. The van der Waals surface area contributed by atoms with E-state index >= 15 is 0 Å². The molecule has 0 saturated heterocycles. The molecule has 3 N–H and O–H groups in total. The van der Waals surface area contributed by atoms with Crippen molar-refractivity contribution in [3.05, 3.63) is 63.3 Å². The number of hydrogen-bond donors (Lipinski definition) is 3. The van der Waals surface area contributed by atoms with Gasteiger partial charge in [-0.05, 0) is 71.3 Å². The van der Waals surface area contributed by atoms with E-state index in [-0.39, 0.29) is 12.5 Å². The van der Waals surface area contributed by atoms with E-state index in [2.05, 4.69) is 31.9 Å². The molecule has 0 bridgehead atoms. The molecular formula is C22H21BrN4O3S. The van der Waals surface area contributed by atoms with Crippen LogP contribution < -0.4 is 25.4 Å². The number of nitriles is 1. The molecular weight excluding hydrogens is 480 g/mol. The maximum absolute atomic E-state index is 13.3. The molecule has 1 amide bonds. The first-order chi connectivity index (χ1) is 14.8. The van der Waals surface area contributed by atoms with E-state index in [9.17, 15) is 4.79 Å². The number of thiocarbonyl (C=S) groups is 1. The number of carbonyl (C=O) groups is 1. The highest BCUT2D eigenvalue weighted by atomic mass is 79.9. The fourth-order valence-electron chi connectivity index (χ4n) is 3.30. The lowest BCUT2D eigenvalue weighted by Crippen LogP contribution is -2.45. The fraction of sp³-hybridized carbons (Fsp3) is 0.227. The molecule has 0 aromatic heterocycles. The number of hydrogen-bond acceptors (Lipinski definition) is 5. The number of amides is 1. The van der Waals surface area contributed by atoms with Gasteiger partial charge in [0.15, 0.2) is 23.2 Å². The molecule has 1 aliphatic heterocycles.